The van der Waals surface area contributed by atoms with Crippen LogP contribution >= 0.6 is 11.3 Å². The molecule has 25 heavy (non-hydrogen) atoms. The summed E-state index contributed by atoms with van der Waals surface area (Å²) < 4.78 is 39.3. The van der Waals surface area contributed by atoms with Crippen molar-refractivity contribution in [3.63, 3.8) is 0 Å². The molecule has 0 atom stereocenters. The van der Waals surface area contributed by atoms with Crippen molar-refractivity contribution in [2.75, 3.05) is 5.32 Å². The molecule has 4 nitrogen and oxygen atoms in total. The zero-order valence-corrected chi connectivity index (χ0v) is 13.9. The summed E-state index contributed by atoms with van der Waals surface area (Å²) in [5.74, 6) is -1.59. The molecule has 1 aliphatic rings. The van der Waals surface area contributed by atoms with Gasteiger partial charge in [-0.25, -0.2) is 0 Å². The first-order chi connectivity index (χ1) is 11.8. The van der Waals surface area contributed by atoms with Crippen LogP contribution in [0.1, 0.15) is 49.6 Å². The third-order valence-corrected chi connectivity index (χ3v) is 5.33. The van der Waals surface area contributed by atoms with Crippen molar-refractivity contribution in [2.45, 2.75) is 31.9 Å². The van der Waals surface area contributed by atoms with Crippen LogP contribution in [0.2, 0.25) is 0 Å². The molecule has 0 spiro atoms. The number of amides is 2. The van der Waals surface area contributed by atoms with E-state index in [9.17, 15) is 22.8 Å². The third-order valence-electron chi connectivity index (χ3n) is 4.12. The van der Waals surface area contributed by atoms with E-state index >= 15 is 0 Å². The molecule has 3 N–H and O–H groups in total. The van der Waals surface area contributed by atoms with Crippen LogP contribution in [0.5, 0.6) is 0 Å². The number of alkyl halides is 3. The van der Waals surface area contributed by atoms with Crippen LogP contribution in [-0.4, -0.2) is 11.8 Å². The van der Waals surface area contributed by atoms with Gasteiger partial charge in [-0.3, -0.25) is 9.59 Å². The second-order valence-electron chi connectivity index (χ2n) is 5.78. The van der Waals surface area contributed by atoms with Gasteiger partial charge in [0, 0.05) is 4.88 Å². The number of halogens is 3. The van der Waals surface area contributed by atoms with E-state index in [1.807, 2.05) is 0 Å². The molecule has 0 saturated carbocycles. The number of nitrogens with one attached hydrogen (secondary N) is 1. The number of fused-ring (bicyclic) bond motifs is 1. The number of rotatable bonds is 3. The first kappa shape index (κ1) is 17.5. The molecule has 0 radical (unpaired) electrons. The number of thiophene rings is 1. The highest BCUT2D eigenvalue weighted by Crippen LogP contribution is 2.38. The van der Waals surface area contributed by atoms with Gasteiger partial charge >= 0.3 is 6.18 Å². The summed E-state index contributed by atoms with van der Waals surface area (Å²) in [6.45, 7) is 0. The lowest BCUT2D eigenvalue weighted by Crippen LogP contribution is -2.21. The lowest BCUT2D eigenvalue weighted by Gasteiger charge is -2.13. The van der Waals surface area contributed by atoms with Gasteiger partial charge in [0.05, 0.1) is 16.7 Å². The fraction of sp³-hybridized carbons (Fsp3) is 0.294. The van der Waals surface area contributed by atoms with E-state index in [1.54, 1.807) is 0 Å². The lowest BCUT2D eigenvalue weighted by molar-refractivity contribution is -0.137. The number of benzene rings is 1. The Morgan fingerprint density at radius 1 is 1.12 bits per heavy atom. The summed E-state index contributed by atoms with van der Waals surface area (Å²) in [5.41, 5.74) is 4.95. The van der Waals surface area contributed by atoms with Crippen molar-refractivity contribution in [3.05, 3.63) is 51.4 Å². The zero-order chi connectivity index (χ0) is 18.2. The maximum atomic E-state index is 13.1. The molecular formula is C17H15F3N2O2S. The minimum absolute atomic E-state index is 0.220. The van der Waals surface area contributed by atoms with E-state index in [0.29, 0.717) is 6.42 Å². The standard InChI is InChI=1S/C17H15F3N2O2S/c18-17(19,20)11-7-3-1-5-9(11)15(24)22-16-13(14(21)23)10-6-2-4-8-12(10)25-16/h1,3,5,7H,2,4,6,8H2,(H2,21,23)(H,22,24). The second-order valence-corrected chi connectivity index (χ2v) is 6.88. The van der Waals surface area contributed by atoms with E-state index in [2.05, 4.69) is 5.32 Å². The number of anilines is 1. The molecule has 1 aromatic heterocycles. The first-order valence-electron chi connectivity index (χ1n) is 7.71. The molecule has 1 heterocycles. The Morgan fingerprint density at radius 3 is 2.48 bits per heavy atom. The van der Waals surface area contributed by atoms with Crippen molar-refractivity contribution < 1.29 is 22.8 Å². The van der Waals surface area contributed by atoms with Crippen LogP contribution in [0.3, 0.4) is 0 Å². The quantitative estimate of drug-likeness (QED) is 0.860. The molecular weight excluding hydrogens is 353 g/mol. The third kappa shape index (κ3) is 3.39. The van der Waals surface area contributed by atoms with Crippen LogP contribution in [0.4, 0.5) is 18.2 Å². The average molecular weight is 368 g/mol. The Bertz CT molecular complexity index is 843. The maximum Gasteiger partial charge on any atom is 0.417 e. The van der Waals surface area contributed by atoms with Gasteiger partial charge in [0.25, 0.3) is 11.8 Å². The van der Waals surface area contributed by atoms with Gasteiger partial charge < -0.3 is 11.1 Å². The van der Waals surface area contributed by atoms with Crippen LogP contribution in [0.25, 0.3) is 0 Å². The predicted molar refractivity (Wildman–Crippen MR) is 88.9 cm³/mol. The van der Waals surface area contributed by atoms with Gasteiger partial charge in [0.15, 0.2) is 0 Å². The summed E-state index contributed by atoms with van der Waals surface area (Å²) in [6, 6.07) is 4.54. The highest BCUT2D eigenvalue weighted by Gasteiger charge is 2.35. The molecule has 1 aromatic carbocycles. The van der Waals surface area contributed by atoms with Gasteiger partial charge in [-0.05, 0) is 43.4 Å². The molecule has 3 rings (SSSR count). The molecule has 0 bridgehead atoms. The Balaban J connectivity index is 1.98. The van der Waals surface area contributed by atoms with Crippen LogP contribution in [-0.2, 0) is 19.0 Å². The Kier molecular flexibility index (Phi) is 4.55. The maximum absolute atomic E-state index is 13.1. The van der Waals surface area contributed by atoms with Crippen molar-refractivity contribution in [1.82, 2.24) is 0 Å². The predicted octanol–water partition coefficient (Wildman–Crippen LogP) is 4.00. The van der Waals surface area contributed by atoms with Crippen molar-refractivity contribution in [3.8, 4) is 0 Å². The molecule has 0 unspecified atom stereocenters. The molecule has 0 fully saturated rings. The van der Waals surface area contributed by atoms with E-state index in [1.165, 1.54) is 23.5 Å². The van der Waals surface area contributed by atoms with E-state index < -0.39 is 29.1 Å². The Morgan fingerprint density at radius 2 is 1.80 bits per heavy atom. The van der Waals surface area contributed by atoms with Crippen LogP contribution < -0.4 is 11.1 Å². The average Bonchev–Trinajstić information content (AvgIpc) is 2.92. The normalized spacial score (nSPS) is 14.0. The molecule has 1 aliphatic carbocycles. The minimum Gasteiger partial charge on any atom is -0.365 e. The highest BCUT2D eigenvalue weighted by molar-refractivity contribution is 7.17. The van der Waals surface area contributed by atoms with E-state index in [-0.39, 0.29) is 10.6 Å². The number of hydrogen-bond donors (Lipinski definition) is 2. The van der Waals surface area contributed by atoms with Gasteiger partial charge in [0.2, 0.25) is 0 Å². The minimum atomic E-state index is -4.64. The lowest BCUT2D eigenvalue weighted by atomic mass is 9.95. The highest BCUT2D eigenvalue weighted by atomic mass is 32.1. The van der Waals surface area contributed by atoms with Gasteiger partial charge in [-0.1, -0.05) is 12.1 Å². The van der Waals surface area contributed by atoms with Crippen molar-refractivity contribution in [2.24, 2.45) is 5.73 Å². The van der Waals surface area contributed by atoms with Crippen molar-refractivity contribution >= 4 is 28.2 Å². The number of carbonyl (C=O) groups is 2. The number of aryl methyl sites for hydroxylation is 1. The number of carbonyl (C=O) groups excluding carboxylic acids is 2. The molecule has 8 heteroatoms. The summed E-state index contributed by atoms with van der Waals surface area (Å²) in [5, 5.41) is 2.68. The van der Waals surface area contributed by atoms with Crippen LogP contribution in [0, 0.1) is 0 Å². The SMILES string of the molecule is NC(=O)c1c(NC(=O)c2ccccc2C(F)(F)F)sc2c1CCCC2. The number of hydrogen-bond acceptors (Lipinski definition) is 3. The molecule has 132 valence electrons. The fourth-order valence-corrected chi connectivity index (χ4v) is 4.30. The zero-order valence-electron chi connectivity index (χ0n) is 13.1. The number of nitrogens with two attached hydrogens (primary N) is 1. The molecule has 0 aliphatic heterocycles. The van der Waals surface area contributed by atoms with E-state index in [4.69, 9.17) is 5.73 Å². The number of primary amides is 1. The monoisotopic (exact) mass is 368 g/mol. The summed E-state index contributed by atoms with van der Waals surface area (Å²) in [4.78, 5) is 25.2. The Labute approximate surface area is 145 Å². The first-order valence-corrected chi connectivity index (χ1v) is 8.52. The van der Waals surface area contributed by atoms with Crippen LogP contribution in [0.15, 0.2) is 24.3 Å². The summed E-state index contributed by atoms with van der Waals surface area (Å²) >= 11 is 1.21. The van der Waals surface area contributed by atoms with Crippen molar-refractivity contribution in [1.29, 1.82) is 0 Å². The molecule has 2 aromatic rings. The van der Waals surface area contributed by atoms with Gasteiger partial charge in [0.1, 0.15) is 5.00 Å². The van der Waals surface area contributed by atoms with Gasteiger partial charge in [-0.2, -0.15) is 13.2 Å². The molecule has 2 amide bonds. The topological polar surface area (TPSA) is 72.2 Å². The van der Waals surface area contributed by atoms with E-state index in [0.717, 1.165) is 41.8 Å². The second kappa shape index (κ2) is 6.51. The largest absolute Gasteiger partial charge is 0.417 e. The summed E-state index contributed by atoms with van der Waals surface area (Å²) in [7, 11) is 0. The smallest absolute Gasteiger partial charge is 0.365 e. The fourth-order valence-electron chi connectivity index (χ4n) is 3.01. The Hall–Kier alpha value is -2.35. The van der Waals surface area contributed by atoms with Gasteiger partial charge in [-0.15, -0.1) is 11.3 Å². The summed E-state index contributed by atoms with van der Waals surface area (Å²) in [6.07, 6.45) is -1.31. The molecule has 0 saturated heterocycles.